The summed E-state index contributed by atoms with van der Waals surface area (Å²) in [5.41, 5.74) is -0.333. The van der Waals surface area contributed by atoms with Crippen LogP contribution in [0.4, 0.5) is 28.9 Å². The van der Waals surface area contributed by atoms with Crippen molar-refractivity contribution in [3.63, 3.8) is 0 Å². The summed E-state index contributed by atoms with van der Waals surface area (Å²) in [4.78, 5) is 30.1. The van der Waals surface area contributed by atoms with Crippen molar-refractivity contribution in [2.75, 3.05) is 10.6 Å². The molecule has 2 aromatic rings. The van der Waals surface area contributed by atoms with Crippen molar-refractivity contribution in [1.82, 2.24) is 9.97 Å². The molecule has 0 aliphatic rings. The fourth-order valence-corrected chi connectivity index (χ4v) is 1.57. The molecule has 0 atom stereocenters. The minimum atomic E-state index is -5.27. The van der Waals surface area contributed by atoms with Crippen molar-refractivity contribution in [2.24, 2.45) is 0 Å². The zero-order chi connectivity index (χ0) is 17.8. The van der Waals surface area contributed by atoms with Crippen LogP contribution in [0.5, 0.6) is 0 Å². The Balaban J connectivity index is 2.15. The van der Waals surface area contributed by atoms with E-state index in [-0.39, 0.29) is 11.4 Å². The monoisotopic (exact) mass is 342 g/mol. The van der Waals surface area contributed by atoms with Crippen LogP contribution in [-0.4, -0.2) is 33.6 Å². The van der Waals surface area contributed by atoms with Crippen LogP contribution in [-0.2, 0) is 9.59 Å². The fourth-order valence-electron chi connectivity index (χ4n) is 1.57. The maximum absolute atomic E-state index is 13.8. The lowest BCUT2D eigenvalue weighted by Crippen LogP contribution is -2.56. The number of aromatic nitrogens is 2. The zero-order valence-corrected chi connectivity index (χ0v) is 11.8. The third-order valence-electron chi connectivity index (χ3n) is 2.84. The predicted molar refractivity (Wildman–Crippen MR) is 75.6 cm³/mol. The summed E-state index contributed by atoms with van der Waals surface area (Å²) >= 11 is 0. The molecule has 0 radical (unpaired) electrons. The number of carbonyl (C=O) groups is 2. The van der Waals surface area contributed by atoms with Crippen molar-refractivity contribution in [3.8, 4) is 0 Å². The van der Waals surface area contributed by atoms with Gasteiger partial charge in [-0.2, -0.15) is 17.6 Å². The van der Waals surface area contributed by atoms with E-state index < -0.39 is 23.7 Å². The molecule has 2 N–H and O–H groups in total. The lowest BCUT2D eigenvalue weighted by atomic mass is 10.1. The van der Waals surface area contributed by atoms with Gasteiger partial charge in [-0.3, -0.25) is 19.6 Å². The van der Waals surface area contributed by atoms with E-state index in [1.807, 2.05) is 0 Å². The van der Waals surface area contributed by atoms with Crippen LogP contribution in [0, 0.1) is 0 Å². The first-order valence-corrected chi connectivity index (χ1v) is 6.44. The first-order chi connectivity index (χ1) is 11.2. The van der Waals surface area contributed by atoms with Gasteiger partial charge in [-0.25, -0.2) is 0 Å². The highest BCUT2D eigenvalue weighted by molar-refractivity contribution is 6.05. The highest BCUT2D eigenvalue weighted by Crippen LogP contribution is 2.36. The molecule has 126 valence electrons. The number of amides is 2. The number of pyridine rings is 2. The Morgan fingerprint density at radius 2 is 1.00 bits per heavy atom. The number of nitrogens with one attached hydrogen (secondary N) is 2. The third kappa shape index (κ3) is 3.47. The number of halogens is 4. The van der Waals surface area contributed by atoms with Gasteiger partial charge >= 0.3 is 23.7 Å². The van der Waals surface area contributed by atoms with Crippen molar-refractivity contribution in [2.45, 2.75) is 11.8 Å². The molecule has 2 aromatic heterocycles. The lowest BCUT2D eigenvalue weighted by molar-refractivity contribution is -0.204. The molecule has 0 spiro atoms. The maximum atomic E-state index is 13.8. The van der Waals surface area contributed by atoms with Crippen molar-refractivity contribution >= 4 is 23.2 Å². The Kier molecular flexibility index (Phi) is 4.77. The first kappa shape index (κ1) is 17.3. The Labute approximate surface area is 132 Å². The van der Waals surface area contributed by atoms with Gasteiger partial charge in [0.05, 0.1) is 0 Å². The highest BCUT2D eigenvalue weighted by atomic mass is 19.3. The second-order valence-corrected chi connectivity index (χ2v) is 4.53. The number of nitrogens with zero attached hydrogens (tertiary/aromatic N) is 2. The van der Waals surface area contributed by atoms with Gasteiger partial charge in [-0.05, 0) is 24.3 Å². The first-order valence-electron chi connectivity index (χ1n) is 6.44. The summed E-state index contributed by atoms with van der Waals surface area (Å²) in [5.74, 6) is -15.2. The second kappa shape index (κ2) is 6.60. The third-order valence-corrected chi connectivity index (χ3v) is 2.84. The molecule has 0 unspecified atom stereocenters. The molecule has 0 aromatic carbocycles. The summed E-state index contributed by atoms with van der Waals surface area (Å²) in [5, 5.41) is 3.22. The van der Waals surface area contributed by atoms with Crippen LogP contribution in [0.3, 0.4) is 0 Å². The molecule has 2 amide bonds. The SMILES string of the molecule is O=C(Nc1ccncc1)C(F)(F)C(F)(F)C(=O)Nc1ccncc1. The van der Waals surface area contributed by atoms with Gasteiger partial charge in [-0.1, -0.05) is 0 Å². The molecule has 2 rings (SSSR count). The molecule has 24 heavy (non-hydrogen) atoms. The van der Waals surface area contributed by atoms with Crippen LogP contribution in [0.25, 0.3) is 0 Å². The number of rotatable bonds is 5. The van der Waals surface area contributed by atoms with Gasteiger partial charge in [0, 0.05) is 36.2 Å². The van der Waals surface area contributed by atoms with E-state index in [0.29, 0.717) is 0 Å². The van der Waals surface area contributed by atoms with Gasteiger partial charge in [0.2, 0.25) is 0 Å². The highest BCUT2D eigenvalue weighted by Gasteiger charge is 2.67. The summed E-state index contributed by atoms with van der Waals surface area (Å²) in [6.45, 7) is 0. The van der Waals surface area contributed by atoms with E-state index >= 15 is 0 Å². The molecule has 0 bridgehead atoms. The Morgan fingerprint density at radius 3 is 1.29 bits per heavy atom. The van der Waals surface area contributed by atoms with Gasteiger partial charge < -0.3 is 10.6 Å². The Bertz CT molecular complexity index is 663. The topological polar surface area (TPSA) is 84.0 Å². The van der Waals surface area contributed by atoms with E-state index in [0.717, 1.165) is 24.3 Å². The van der Waals surface area contributed by atoms with E-state index in [1.54, 1.807) is 10.6 Å². The number of hydrogen-bond acceptors (Lipinski definition) is 4. The lowest BCUT2D eigenvalue weighted by Gasteiger charge is -2.24. The largest absolute Gasteiger partial charge is 0.396 e. The average Bonchev–Trinajstić information content (AvgIpc) is 2.56. The zero-order valence-electron chi connectivity index (χ0n) is 11.8. The molecular formula is C14H10F4N4O2. The summed E-state index contributed by atoms with van der Waals surface area (Å²) < 4.78 is 55.1. The summed E-state index contributed by atoms with van der Waals surface area (Å²) in [6.07, 6.45) is 4.67. The van der Waals surface area contributed by atoms with E-state index in [9.17, 15) is 27.2 Å². The minimum Gasteiger partial charge on any atom is -0.321 e. The molecule has 0 aliphatic heterocycles. The smallest absolute Gasteiger partial charge is 0.321 e. The summed E-state index contributed by atoms with van der Waals surface area (Å²) in [6, 6.07) is 4.51. The Morgan fingerprint density at radius 1 is 0.708 bits per heavy atom. The van der Waals surface area contributed by atoms with Gasteiger partial charge in [0.15, 0.2) is 0 Å². The number of carbonyl (C=O) groups excluding carboxylic acids is 2. The maximum Gasteiger partial charge on any atom is 0.396 e. The number of alkyl halides is 4. The molecule has 6 nitrogen and oxygen atoms in total. The normalized spacial score (nSPS) is 11.7. The van der Waals surface area contributed by atoms with Crippen LogP contribution >= 0.6 is 0 Å². The van der Waals surface area contributed by atoms with Crippen molar-refractivity contribution in [1.29, 1.82) is 0 Å². The van der Waals surface area contributed by atoms with E-state index in [1.165, 1.54) is 24.8 Å². The molecule has 0 aliphatic carbocycles. The number of hydrogen-bond donors (Lipinski definition) is 2. The Hall–Kier alpha value is -3.04. The minimum absolute atomic E-state index is 0.167. The molecule has 0 saturated carbocycles. The van der Waals surface area contributed by atoms with Gasteiger partial charge in [0.1, 0.15) is 0 Å². The van der Waals surface area contributed by atoms with E-state index in [2.05, 4.69) is 9.97 Å². The fraction of sp³-hybridized carbons (Fsp3) is 0.143. The molecule has 10 heteroatoms. The van der Waals surface area contributed by atoms with Gasteiger partial charge in [0.25, 0.3) is 0 Å². The van der Waals surface area contributed by atoms with Crippen LogP contribution in [0.15, 0.2) is 49.1 Å². The quantitative estimate of drug-likeness (QED) is 0.817. The standard InChI is InChI=1S/C14H10F4N4O2/c15-13(16,11(23)21-9-1-5-19-6-2-9)14(17,18)12(24)22-10-3-7-20-8-4-10/h1-8H,(H,19,21,23)(H,20,22,24). The van der Waals surface area contributed by atoms with Crippen LogP contribution < -0.4 is 10.6 Å². The van der Waals surface area contributed by atoms with E-state index in [4.69, 9.17) is 0 Å². The van der Waals surface area contributed by atoms with Gasteiger partial charge in [-0.15, -0.1) is 0 Å². The molecule has 0 saturated heterocycles. The van der Waals surface area contributed by atoms with Crippen molar-refractivity contribution in [3.05, 3.63) is 49.1 Å². The predicted octanol–water partition coefficient (Wildman–Crippen LogP) is 2.32. The molecule has 0 fully saturated rings. The molecule has 2 heterocycles. The van der Waals surface area contributed by atoms with Crippen LogP contribution in [0.1, 0.15) is 0 Å². The average molecular weight is 342 g/mol. The number of anilines is 2. The second-order valence-electron chi connectivity index (χ2n) is 4.53. The molecular weight excluding hydrogens is 332 g/mol. The van der Waals surface area contributed by atoms with Crippen LogP contribution in [0.2, 0.25) is 0 Å². The summed E-state index contributed by atoms with van der Waals surface area (Å²) in [7, 11) is 0. The van der Waals surface area contributed by atoms with Crippen molar-refractivity contribution < 1.29 is 27.2 Å².